The lowest BCUT2D eigenvalue weighted by Gasteiger charge is -2.39. The number of fused-ring (bicyclic) bond motifs is 9. The van der Waals surface area contributed by atoms with Gasteiger partial charge in [0.05, 0.1) is 0 Å². The van der Waals surface area contributed by atoms with Crippen molar-refractivity contribution in [2.24, 2.45) is 0 Å². The minimum Gasteiger partial charge on any atom is -0.472 e. The predicted molar refractivity (Wildman–Crippen MR) is 199 cm³/mol. The summed E-state index contributed by atoms with van der Waals surface area (Å²) in [5, 5.41) is 0. The average molecular weight is 640 g/mol. The van der Waals surface area contributed by atoms with E-state index >= 15 is 0 Å². The van der Waals surface area contributed by atoms with Crippen LogP contribution in [0.5, 0.6) is 5.75 Å². The van der Waals surface area contributed by atoms with E-state index < -0.39 is 5.60 Å². The van der Waals surface area contributed by atoms with E-state index in [1.165, 1.54) is 27.8 Å². The first kappa shape index (κ1) is 28.4. The molecule has 10 rings (SSSR count). The second-order valence-electron chi connectivity index (χ2n) is 12.7. The summed E-state index contributed by atoms with van der Waals surface area (Å²) in [4.78, 5) is 14.7. The molecule has 0 fully saturated rings. The smallest absolute Gasteiger partial charge is 0.186 e. The van der Waals surface area contributed by atoms with Crippen LogP contribution in [0.25, 0.3) is 67.5 Å². The van der Waals surface area contributed by atoms with Crippen LogP contribution in [-0.4, -0.2) is 15.0 Å². The zero-order valence-corrected chi connectivity index (χ0v) is 27.0. The molecule has 4 heteroatoms. The molecule has 0 radical (unpaired) electrons. The fourth-order valence-corrected chi connectivity index (χ4v) is 7.60. The normalized spacial score (nSPS) is 15.0. The number of benzene rings is 7. The molecule has 1 aromatic heterocycles. The third-order valence-electron chi connectivity index (χ3n) is 9.92. The molecule has 50 heavy (non-hydrogen) atoms. The van der Waals surface area contributed by atoms with E-state index in [9.17, 15) is 0 Å². The maximum atomic E-state index is 7.13. The highest BCUT2D eigenvalue weighted by Gasteiger charge is 2.50. The zero-order valence-electron chi connectivity index (χ0n) is 27.0. The summed E-state index contributed by atoms with van der Waals surface area (Å²) in [6.45, 7) is 0. The number of hydrogen-bond acceptors (Lipinski definition) is 4. The molecule has 1 unspecified atom stereocenters. The van der Waals surface area contributed by atoms with Gasteiger partial charge in [-0.3, -0.25) is 0 Å². The van der Waals surface area contributed by atoms with Crippen LogP contribution < -0.4 is 4.74 Å². The van der Waals surface area contributed by atoms with E-state index in [4.69, 9.17) is 19.7 Å². The number of hydrogen-bond donors (Lipinski definition) is 0. The Balaban J connectivity index is 1.07. The molecule has 1 spiro atoms. The summed E-state index contributed by atoms with van der Waals surface area (Å²) in [5.74, 6) is 2.85. The first-order valence-electron chi connectivity index (χ1n) is 16.9. The Labute approximate surface area is 290 Å². The van der Waals surface area contributed by atoms with E-state index in [0.717, 1.165) is 44.7 Å². The van der Waals surface area contributed by atoms with Gasteiger partial charge in [-0.05, 0) is 39.9 Å². The standard InChI is InChI=1S/C46H29N3O/c1-3-13-31(14-4-1)43-47-44(32-15-5-2-6-16-32)49-45(48-43)33-25-23-30(24-26-33)34-27-28-41-38(29-34)36-18-8-11-21-40(36)46(41)39-20-10-7-17-35(39)37-19-9-12-22-42(37)50-46/h1-29H. The SMILES string of the molecule is c1ccc(-c2nc(-c3ccccc3)nc(-c3ccc(-c4ccc5c(c4)-c4ccccc4C54Oc5ccccc5-c5ccccc54)cc3)n2)cc1. The van der Waals surface area contributed by atoms with Crippen LogP contribution >= 0.6 is 0 Å². The van der Waals surface area contributed by atoms with Crippen molar-refractivity contribution in [3.8, 4) is 73.3 Å². The molecule has 1 atom stereocenters. The molecular formula is C46H29N3O. The predicted octanol–water partition coefficient (Wildman–Crippen LogP) is 10.9. The Bertz CT molecular complexity index is 2510. The van der Waals surface area contributed by atoms with Crippen molar-refractivity contribution >= 4 is 0 Å². The quantitative estimate of drug-likeness (QED) is 0.192. The number of aromatic nitrogens is 3. The Kier molecular flexibility index (Phi) is 6.36. The highest BCUT2D eigenvalue weighted by Crippen LogP contribution is 2.58. The summed E-state index contributed by atoms with van der Waals surface area (Å²) in [6, 6.07) is 61.2. The monoisotopic (exact) mass is 639 g/mol. The molecular weight excluding hydrogens is 611 g/mol. The van der Waals surface area contributed by atoms with Crippen LogP contribution in [0, 0.1) is 0 Å². The second-order valence-corrected chi connectivity index (χ2v) is 12.7. The molecule has 7 aromatic carbocycles. The summed E-state index contributed by atoms with van der Waals surface area (Å²) >= 11 is 0. The van der Waals surface area contributed by atoms with Gasteiger partial charge in [0.2, 0.25) is 0 Å². The van der Waals surface area contributed by atoms with Crippen LogP contribution in [0.15, 0.2) is 176 Å². The number of ether oxygens (including phenoxy) is 1. The lowest BCUT2D eigenvalue weighted by Crippen LogP contribution is -2.36. The molecule has 0 saturated carbocycles. The van der Waals surface area contributed by atoms with Crippen LogP contribution in [0.3, 0.4) is 0 Å². The summed E-state index contributed by atoms with van der Waals surface area (Å²) in [5.41, 5.74) is 12.6. The largest absolute Gasteiger partial charge is 0.472 e. The first-order chi connectivity index (χ1) is 24.8. The topological polar surface area (TPSA) is 47.9 Å². The second kappa shape index (κ2) is 11.2. The van der Waals surface area contributed by atoms with Crippen molar-refractivity contribution in [3.05, 3.63) is 193 Å². The molecule has 8 aromatic rings. The Hall–Kier alpha value is -6.65. The Morgan fingerprint density at radius 2 is 0.740 bits per heavy atom. The minimum atomic E-state index is -0.731. The molecule has 0 bridgehead atoms. The van der Waals surface area contributed by atoms with Gasteiger partial charge in [0.1, 0.15) is 5.75 Å². The molecule has 4 nitrogen and oxygen atoms in total. The highest BCUT2D eigenvalue weighted by atomic mass is 16.5. The van der Waals surface area contributed by atoms with Crippen LogP contribution in [0.2, 0.25) is 0 Å². The summed E-state index contributed by atoms with van der Waals surface area (Å²) in [6.07, 6.45) is 0. The highest BCUT2D eigenvalue weighted by molar-refractivity contribution is 5.90. The average Bonchev–Trinajstić information content (AvgIpc) is 3.47. The van der Waals surface area contributed by atoms with Crippen molar-refractivity contribution in [2.75, 3.05) is 0 Å². The third kappa shape index (κ3) is 4.35. The van der Waals surface area contributed by atoms with Gasteiger partial charge >= 0.3 is 0 Å². The molecule has 0 amide bonds. The fraction of sp³-hybridized carbons (Fsp3) is 0.0217. The zero-order chi connectivity index (χ0) is 33.1. The number of para-hydroxylation sites is 1. The molecule has 2 heterocycles. The molecule has 0 N–H and O–H groups in total. The Morgan fingerprint density at radius 1 is 0.320 bits per heavy atom. The summed E-state index contributed by atoms with van der Waals surface area (Å²) < 4.78 is 7.13. The van der Waals surface area contributed by atoms with E-state index in [2.05, 4.69) is 115 Å². The van der Waals surface area contributed by atoms with Gasteiger partial charge in [0, 0.05) is 38.9 Å². The molecule has 1 aliphatic heterocycles. The number of nitrogens with zero attached hydrogens (tertiary/aromatic N) is 3. The van der Waals surface area contributed by atoms with Crippen molar-refractivity contribution in [1.29, 1.82) is 0 Å². The maximum absolute atomic E-state index is 7.13. The van der Waals surface area contributed by atoms with Crippen LogP contribution in [0.4, 0.5) is 0 Å². The Morgan fingerprint density at radius 3 is 1.34 bits per heavy atom. The fourth-order valence-electron chi connectivity index (χ4n) is 7.60. The van der Waals surface area contributed by atoms with Crippen molar-refractivity contribution < 1.29 is 4.74 Å². The van der Waals surface area contributed by atoms with Gasteiger partial charge in [-0.2, -0.15) is 0 Å². The molecule has 1 aliphatic carbocycles. The number of rotatable bonds is 4. The van der Waals surface area contributed by atoms with E-state index in [0.29, 0.717) is 17.5 Å². The van der Waals surface area contributed by atoms with Gasteiger partial charge in [-0.1, -0.05) is 164 Å². The molecule has 2 aliphatic rings. The van der Waals surface area contributed by atoms with Crippen LogP contribution in [-0.2, 0) is 5.60 Å². The van der Waals surface area contributed by atoms with Crippen molar-refractivity contribution in [1.82, 2.24) is 15.0 Å². The lowest BCUT2D eigenvalue weighted by atomic mass is 9.77. The minimum absolute atomic E-state index is 0.641. The van der Waals surface area contributed by atoms with E-state index in [1.54, 1.807) is 0 Å². The molecule has 234 valence electrons. The third-order valence-corrected chi connectivity index (χ3v) is 9.92. The van der Waals surface area contributed by atoms with Gasteiger partial charge in [-0.25, -0.2) is 15.0 Å². The van der Waals surface area contributed by atoms with Crippen molar-refractivity contribution in [2.45, 2.75) is 5.60 Å². The van der Waals surface area contributed by atoms with Crippen LogP contribution in [0.1, 0.15) is 16.7 Å². The van der Waals surface area contributed by atoms with Gasteiger partial charge in [-0.15, -0.1) is 0 Å². The lowest BCUT2D eigenvalue weighted by molar-refractivity contribution is 0.157. The van der Waals surface area contributed by atoms with Crippen molar-refractivity contribution in [3.63, 3.8) is 0 Å². The molecule has 0 saturated heterocycles. The first-order valence-corrected chi connectivity index (χ1v) is 16.9. The van der Waals surface area contributed by atoms with Gasteiger partial charge < -0.3 is 4.74 Å². The van der Waals surface area contributed by atoms with Gasteiger partial charge in [0.15, 0.2) is 23.1 Å². The summed E-state index contributed by atoms with van der Waals surface area (Å²) in [7, 11) is 0. The van der Waals surface area contributed by atoms with E-state index in [-0.39, 0.29) is 0 Å². The maximum Gasteiger partial charge on any atom is 0.186 e. The van der Waals surface area contributed by atoms with E-state index in [1.807, 2.05) is 60.7 Å². The van der Waals surface area contributed by atoms with Gasteiger partial charge in [0.25, 0.3) is 0 Å².